The predicted octanol–water partition coefficient (Wildman–Crippen LogP) is 2.40. The van der Waals surface area contributed by atoms with E-state index in [2.05, 4.69) is 20.9 Å². The van der Waals surface area contributed by atoms with Crippen molar-refractivity contribution >= 4 is 27.7 Å². The molecule has 0 aromatic carbocycles. The topological polar surface area (TPSA) is 56.0 Å². The summed E-state index contributed by atoms with van der Waals surface area (Å²) < 4.78 is 0. The molecule has 1 rings (SSSR count). The quantitative estimate of drug-likeness (QED) is 0.465. The Bertz CT molecular complexity index is 339. The summed E-state index contributed by atoms with van der Waals surface area (Å²) in [4.78, 5) is 13.9. The Morgan fingerprint density at radius 3 is 3.08 bits per heavy atom. The second-order valence-corrected chi connectivity index (χ2v) is 2.90. The summed E-state index contributed by atoms with van der Waals surface area (Å²) in [5.74, 6) is 0. The lowest BCUT2D eigenvalue weighted by atomic mass is 10.3. The summed E-state index contributed by atoms with van der Waals surface area (Å²) in [5, 5.41) is 11.1. The lowest BCUT2D eigenvalue weighted by molar-refractivity contribution is -0.384. The van der Waals surface area contributed by atoms with Gasteiger partial charge in [-0.3, -0.25) is 15.1 Å². The van der Waals surface area contributed by atoms with Crippen molar-refractivity contribution in [1.29, 1.82) is 0 Å². The van der Waals surface area contributed by atoms with Crippen LogP contribution in [-0.2, 0) is 0 Å². The van der Waals surface area contributed by atoms with Crippen LogP contribution in [-0.4, -0.2) is 15.2 Å². The van der Waals surface area contributed by atoms with Gasteiger partial charge in [-0.15, -0.1) is 0 Å². The van der Waals surface area contributed by atoms with E-state index < -0.39 is 4.92 Å². The Hall–Kier alpha value is -1.23. The number of nitrogens with zero attached hydrogens (tertiary/aromatic N) is 2. The summed E-state index contributed by atoms with van der Waals surface area (Å²) >= 11 is 3.21. The van der Waals surface area contributed by atoms with Gasteiger partial charge in [-0.2, -0.15) is 0 Å². The predicted molar refractivity (Wildman–Crippen MR) is 53.7 cm³/mol. The maximum Gasteiger partial charge on any atom is 0.273 e. The number of nitro groups is 1. The van der Waals surface area contributed by atoms with Crippen LogP contribution in [0.4, 0.5) is 5.69 Å². The van der Waals surface area contributed by atoms with Crippen LogP contribution in [0.25, 0.3) is 6.08 Å². The molecule has 0 aliphatic heterocycles. The van der Waals surface area contributed by atoms with Crippen molar-refractivity contribution in [3.05, 3.63) is 40.2 Å². The molecule has 1 heterocycles. The highest BCUT2D eigenvalue weighted by Gasteiger charge is 2.03. The van der Waals surface area contributed by atoms with Crippen molar-refractivity contribution < 1.29 is 4.92 Å². The second-order valence-electron chi connectivity index (χ2n) is 2.25. The molecule has 0 saturated heterocycles. The Balaban J connectivity index is 2.92. The highest BCUT2D eigenvalue weighted by molar-refractivity contribution is 9.09. The van der Waals surface area contributed by atoms with Gasteiger partial charge in [-0.25, -0.2) is 0 Å². The Morgan fingerprint density at radius 2 is 2.46 bits per heavy atom. The second kappa shape index (κ2) is 4.71. The Kier molecular flexibility index (Phi) is 3.57. The molecule has 4 nitrogen and oxygen atoms in total. The van der Waals surface area contributed by atoms with Crippen LogP contribution in [0.1, 0.15) is 5.69 Å². The van der Waals surface area contributed by atoms with Crippen molar-refractivity contribution in [3.63, 3.8) is 0 Å². The van der Waals surface area contributed by atoms with Gasteiger partial charge in [0.2, 0.25) is 0 Å². The van der Waals surface area contributed by atoms with Crippen LogP contribution in [0.5, 0.6) is 0 Å². The molecule has 1 aromatic heterocycles. The van der Waals surface area contributed by atoms with E-state index in [9.17, 15) is 10.1 Å². The number of pyridine rings is 1. The molecule has 0 aliphatic carbocycles. The van der Waals surface area contributed by atoms with Crippen molar-refractivity contribution in [1.82, 2.24) is 4.98 Å². The van der Waals surface area contributed by atoms with Crippen molar-refractivity contribution in [2.75, 3.05) is 5.33 Å². The summed E-state index contributed by atoms with van der Waals surface area (Å²) in [6.45, 7) is 0. The lowest BCUT2D eigenvalue weighted by Crippen LogP contribution is -1.89. The molecule has 13 heavy (non-hydrogen) atoms. The molecule has 0 bridgehead atoms. The van der Waals surface area contributed by atoms with Crippen LogP contribution in [0.2, 0.25) is 0 Å². The van der Waals surface area contributed by atoms with Gasteiger partial charge in [-0.05, 0) is 6.08 Å². The summed E-state index contributed by atoms with van der Waals surface area (Å²) in [6, 6.07) is 2.80. The third kappa shape index (κ3) is 2.95. The van der Waals surface area contributed by atoms with E-state index in [1.54, 1.807) is 6.08 Å². The van der Waals surface area contributed by atoms with Gasteiger partial charge >= 0.3 is 0 Å². The largest absolute Gasteiger partial charge is 0.273 e. The minimum atomic E-state index is -0.437. The number of aromatic nitrogens is 1. The summed E-state index contributed by atoms with van der Waals surface area (Å²) in [6.07, 6.45) is 4.97. The summed E-state index contributed by atoms with van der Waals surface area (Å²) in [5.41, 5.74) is 0.651. The fraction of sp³-hybridized carbons (Fsp3) is 0.125. The number of allylic oxidation sites excluding steroid dienone is 1. The van der Waals surface area contributed by atoms with Crippen LogP contribution in [0, 0.1) is 10.1 Å². The number of rotatable bonds is 3. The molecule has 0 fully saturated rings. The van der Waals surface area contributed by atoms with Gasteiger partial charge in [0.15, 0.2) is 0 Å². The molecule has 0 saturated carbocycles. The van der Waals surface area contributed by atoms with Gasteiger partial charge in [0.25, 0.3) is 5.69 Å². The first-order valence-electron chi connectivity index (χ1n) is 3.57. The maximum absolute atomic E-state index is 10.4. The van der Waals surface area contributed by atoms with E-state index in [0.29, 0.717) is 11.0 Å². The molecule has 0 amide bonds. The first kappa shape index (κ1) is 9.85. The minimum absolute atomic E-state index is 0.0595. The zero-order valence-electron chi connectivity index (χ0n) is 6.68. The number of hydrogen-bond donors (Lipinski definition) is 0. The molecule has 0 atom stereocenters. The van der Waals surface area contributed by atoms with E-state index in [4.69, 9.17) is 0 Å². The van der Waals surface area contributed by atoms with Crippen LogP contribution < -0.4 is 0 Å². The molecule has 0 unspecified atom stereocenters. The molecule has 0 N–H and O–H groups in total. The standard InChI is InChI=1S/C8H7BrN2O2/c9-4-1-2-7-6-8(11(12)13)3-5-10-7/h1-3,5-6H,4H2. The van der Waals surface area contributed by atoms with Crippen LogP contribution in [0.15, 0.2) is 24.4 Å². The SMILES string of the molecule is O=[N+]([O-])c1ccnc(C=CCBr)c1. The lowest BCUT2D eigenvalue weighted by Gasteiger charge is -1.92. The monoisotopic (exact) mass is 242 g/mol. The average molecular weight is 243 g/mol. The molecule has 0 spiro atoms. The molecule has 5 heteroatoms. The fourth-order valence-electron chi connectivity index (χ4n) is 0.807. The molecular formula is C8H7BrN2O2. The highest BCUT2D eigenvalue weighted by Crippen LogP contribution is 2.11. The smallest absolute Gasteiger partial charge is 0.258 e. The first-order chi connectivity index (χ1) is 6.24. The number of hydrogen-bond acceptors (Lipinski definition) is 3. The molecule has 1 aromatic rings. The van der Waals surface area contributed by atoms with Gasteiger partial charge in [0.1, 0.15) is 0 Å². The van der Waals surface area contributed by atoms with Crippen molar-refractivity contribution in [2.45, 2.75) is 0 Å². The van der Waals surface area contributed by atoms with Crippen molar-refractivity contribution in [3.8, 4) is 0 Å². The molecule has 68 valence electrons. The van der Waals surface area contributed by atoms with E-state index in [-0.39, 0.29) is 5.69 Å². The van der Waals surface area contributed by atoms with Gasteiger partial charge in [-0.1, -0.05) is 22.0 Å². The van der Waals surface area contributed by atoms with E-state index >= 15 is 0 Å². The van der Waals surface area contributed by atoms with E-state index in [0.717, 1.165) is 0 Å². The van der Waals surface area contributed by atoms with Crippen LogP contribution >= 0.6 is 15.9 Å². The molecular weight excluding hydrogens is 236 g/mol. The number of alkyl halides is 1. The van der Waals surface area contributed by atoms with E-state index in [1.807, 2.05) is 6.08 Å². The van der Waals surface area contributed by atoms with Gasteiger partial charge < -0.3 is 0 Å². The number of halogens is 1. The Labute approximate surface area is 83.6 Å². The minimum Gasteiger partial charge on any atom is -0.258 e. The normalized spacial score (nSPS) is 10.5. The first-order valence-corrected chi connectivity index (χ1v) is 4.69. The summed E-state index contributed by atoms with van der Waals surface area (Å²) in [7, 11) is 0. The van der Waals surface area contributed by atoms with Gasteiger partial charge in [0.05, 0.1) is 10.6 Å². The maximum atomic E-state index is 10.4. The highest BCUT2D eigenvalue weighted by atomic mass is 79.9. The molecule has 0 aliphatic rings. The third-order valence-corrected chi connectivity index (χ3v) is 1.73. The van der Waals surface area contributed by atoms with E-state index in [1.165, 1.54) is 18.3 Å². The van der Waals surface area contributed by atoms with Gasteiger partial charge in [0, 0.05) is 23.7 Å². The Morgan fingerprint density at radius 1 is 1.69 bits per heavy atom. The average Bonchev–Trinajstić information content (AvgIpc) is 2.15. The zero-order chi connectivity index (χ0) is 9.68. The molecule has 0 radical (unpaired) electrons. The van der Waals surface area contributed by atoms with Crippen LogP contribution in [0.3, 0.4) is 0 Å². The third-order valence-electron chi connectivity index (χ3n) is 1.35. The zero-order valence-corrected chi connectivity index (χ0v) is 8.27. The fourth-order valence-corrected chi connectivity index (χ4v) is 0.994. The van der Waals surface area contributed by atoms with Crippen molar-refractivity contribution in [2.24, 2.45) is 0 Å².